The first-order valence-corrected chi connectivity index (χ1v) is 7.25. The maximum atomic E-state index is 12.5. The van der Waals surface area contributed by atoms with E-state index in [2.05, 4.69) is 5.32 Å². The number of benzene rings is 1. The molecule has 5 nitrogen and oxygen atoms in total. The lowest BCUT2D eigenvalue weighted by molar-refractivity contribution is -0.142. The maximum Gasteiger partial charge on any atom is 0.326 e. The fourth-order valence-electron chi connectivity index (χ4n) is 2.56. The number of hydrogen-bond donors (Lipinski definition) is 3. The van der Waals surface area contributed by atoms with Gasteiger partial charge in [0.05, 0.1) is 5.41 Å². The molecule has 1 amide bonds. The highest BCUT2D eigenvalue weighted by molar-refractivity contribution is 5.94. The first-order valence-electron chi connectivity index (χ1n) is 7.25. The third-order valence-electron chi connectivity index (χ3n) is 3.96. The number of nitrogen functional groups attached to an aromatic ring is 1. The topological polar surface area (TPSA) is 92.4 Å². The van der Waals surface area contributed by atoms with E-state index in [1.165, 1.54) is 0 Å². The number of rotatable bonds is 6. The van der Waals surface area contributed by atoms with Crippen molar-refractivity contribution in [1.29, 1.82) is 0 Å². The molecule has 0 aromatic heterocycles. The van der Waals surface area contributed by atoms with E-state index in [0.29, 0.717) is 12.1 Å². The smallest absolute Gasteiger partial charge is 0.326 e. The predicted molar refractivity (Wildman–Crippen MR) is 80.8 cm³/mol. The fourth-order valence-corrected chi connectivity index (χ4v) is 2.56. The van der Waals surface area contributed by atoms with E-state index < -0.39 is 17.4 Å². The van der Waals surface area contributed by atoms with Crippen molar-refractivity contribution in [3.8, 4) is 0 Å². The van der Waals surface area contributed by atoms with E-state index in [9.17, 15) is 14.7 Å². The predicted octanol–water partition coefficient (Wildman–Crippen LogP) is 1.92. The van der Waals surface area contributed by atoms with Crippen molar-refractivity contribution in [3.05, 3.63) is 29.8 Å². The SMILES string of the molecule is CC(C)C[C@H](NC(=O)C1(c2ccc(N)cc2)CC1)C(=O)O. The number of carboxylic acid groups (broad SMARTS) is 1. The maximum absolute atomic E-state index is 12.5. The lowest BCUT2D eigenvalue weighted by Gasteiger charge is -2.21. The van der Waals surface area contributed by atoms with Gasteiger partial charge in [-0.15, -0.1) is 0 Å². The van der Waals surface area contributed by atoms with Crippen LogP contribution in [0.4, 0.5) is 5.69 Å². The molecule has 1 aliphatic rings. The molecule has 1 aromatic rings. The summed E-state index contributed by atoms with van der Waals surface area (Å²) in [6.45, 7) is 3.88. The van der Waals surface area contributed by atoms with Gasteiger partial charge in [0.15, 0.2) is 0 Å². The third kappa shape index (κ3) is 3.35. The monoisotopic (exact) mass is 290 g/mol. The number of carbonyl (C=O) groups is 2. The van der Waals surface area contributed by atoms with Crippen LogP contribution >= 0.6 is 0 Å². The van der Waals surface area contributed by atoms with Crippen molar-refractivity contribution in [2.24, 2.45) is 5.92 Å². The third-order valence-corrected chi connectivity index (χ3v) is 3.96. The van der Waals surface area contributed by atoms with Crippen LogP contribution in [0.2, 0.25) is 0 Å². The molecule has 4 N–H and O–H groups in total. The van der Waals surface area contributed by atoms with Crippen LogP contribution in [0.3, 0.4) is 0 Å². The minimum absolute atomic E-state index is 0.194. The van der Waals surface area contributed by atoms with Crippen LogP contribution in [-0.2, 0) is 15.0 Å². The fraction of sp³-hybridized carbons (Fsp3) is 0.500. The quantitative estimate of drug-likeness (QED) is 0.698. The highest BCUT2D eigenvalue weighted by Crippen LogP contribution is 2.48. The van der Waals surface area contributed by atoms with Gasteiger partial charge in [-0.05, 0) is 42.9 Å². The van der Waals surface area contributed by atoms with Crippen molar-refractivity contribution >= 4 is 17.6 Å². The van der Waals surface area contributed by atoms with E-state index in [4.69, 9.17) is 5.73 Å². The largest absolute Gasteiger partial charge is 0.480 e. The van der Waals surface area contributed by atoms with E-state index in [-0.39, 0.29) is 11.8 Å². The summed E-state index contributed by atoms with van der Waals surface area (Å²) >= 11 is 0. The highest BCUT2D eigenvalue weighted by atomic mass is 16.4. The molecule has 0 bridgehead atoms. The van der Waals surface area contributed by atoms with Gasteiger partial charge in [-0.3, -0.25) is 4.79 Å². The van der Waals surface area contributed by atoms with Crippen LogP contribution in [0.15, 0.2) is 24.3 Å². The molecule has 1 aromatic carbocycles. The molecule has 1 atom stereocenters. The molecule has 0 aliphatic heterocycles. The minimum atomic E-state index is -0.981. The summed E-state index contributed by atoms with van der Waals surface area (Å²) in [6, 6.07) is 6.40. The molecule has 21 heavy (non-hydrogen) atoms. The normalized spacial score (nSPS) is 17.3. The van der Waals surface area contributed by atoms with Gasteiger partial charge in [0.2, 0.25) is 5.91 Å². The van der Waals surface area contributed by atoms with E-state index in [1.54, 1.807) is 12.1 Å². The summed E-state index contributed by atoms with van der Waals surface area (Å²) < 4.78 is 0. The molecule has 1 fully saturated rings. The standard InChI is InChI=1S/C16H22N2O3/c1-10(2)9-13(14(19)20)18-15(21)16(7-8-16)11-3-5-12(17)6-4-11/h3-6,10,13H,7-9,17H2,1-2H3,(H,18,21)(H,19,20)/t13-/m0/s1. The Morgan fingerprint density at radius 3 is 2.29 bits per heavy atom. The number of nitrogens with one attached hydrogen (secondary N) is 1. The van der Waals surface area contributed by atoms with Gasteiger partial charge < -0.3 is 16.2 Å². The number of anilines is 1. The summed E-state index contributed by atoms with van der Waals surface area (Å²) in [7, 11) is 0. The van der Waals surface area contributed by atoms with Gasteiger partial charge in [-0.2, -0.15) is 0 Å². The van der Waals surface area contributed by atoms with Gasteiger partial charge in [-0.25, -0.2) is 4.79 Å². The second-order valence-corrected chi connectivity index (χ2v) is 6.20. The summed E-state index contributed by atoms with van der Waals surface area (Å²) in [5, 5.41) is 11.9. The molecule has 5 heteroatoms. The van der Waals surface area contributed by atoms with E-state index in [0.717, 1.165) is 18.4 Å². The van der Waals surface area contributed by atoms with E-state index >= 15 is 0 Å². The Kier molecular flexibility index (Phi) is 4.21. The van der Waals surface area contributed by atoms with Gasteiger partial charge in [0.25, 0.3) is 0 Å². The summed E-state index contributed by atoms with van der Waals surface area (Å²) in [5.74, 6) is -0.969. The number of carboxylic acids is 1. The lowest BCUT2D eigenvalue weighted by Crippen LogP contribution is -2.46. The molecule has 1 aliphatic carbocycles. The van der Waals surface area contributed by atoms with Crippen molar-refractivity contribution in [3.63, 3.8) is 0 Å². The van der Waals surface area contributed by atoms with E-state index in [1.807, 2.05) is 26.0 Å². The summed E-state index contributed by atoms with van der Waals surface area (Å²) in [4.78, 5) is 23.8. The Balaban J connectivity index is 2.11. The Morgan fingerprint density at radius 1 is 1.29 bits per heavy atom. The van der Waals surface area contributed by atoms with Crippen molar-refractivity contribution in [2.75, 3.05) is 5.73 Å². The van der Waals surface area contributed by atoms with Crippen LogP contribution < -0.4 is 11.1 Å². The van der Waals surface area contributed by atoms with Crippen molar-refractivity contribution in [2.45, 2.75) is 44.6 Å². The molecule has 114 valence electrons. The summed E-state index contributed by atoms with van der Waals surface area (Å²) in [5.41, 5.74) is 6.65. The second-order valence-electron chi connectivity index (χ2n) is 6.20. The number of aliphatic carboxylic acids is 1. The zero-order chi connectivity index (χ0) is 15.6. The van der Waals surface area contributed by atoms with Crippen LogP contribution in [0.25, 0.3) is 0 Å². The molecule has 0 heterocycles. The number of hydrogen-bond acceptors (Lipinski definition) is 3. The van der Waals surface area contributed by atoms with Gasteiger partial charge in [-0.1, -0.05) is 26.0 Å². The van der Waals surface area contributed by atoms with Gasteiger partial charge >= 0.3 is 5.97 Å². The number of carbonyl (C=O) groups excluding carboxylic acids is 1. The van der Waals surface area contributed by atoms with Crippen LogP contribution in [0, 0.1) is 5.92 Å². The van der Waals surface area contributed by atoms with Gasteiger partial charge in [0.1, 0.15) is 6.04 Å². The Bertz CT molecular complexity index is 533. The molecule has 0 spiro atoms. The Morgan fingerprint density at radius 2 is 1.86 bits per heavy atom. The molecular weight excluding hydrogens is 268 g/mol. The second kappa shape index (κ2) is 5.76. The first kappa shape index (κ1) is 15.4. The molecule has 0 radical (unpaired) electrons. The number of nitrogens with two attached hydrogens (primary N) is 1. The van der Waals surface area contributed by atoms with Crippen molar-refractivity contribution < 1.29 is 14.7 Å². The zero-order valence-electron chi connectivity index (χ0n) is 12.4. The Hall–Kier alpha value is -2.04. The van der Waals surface area contributed by atoms with Crippen LogP contribution in [0.5, 0.6) is 0 Å². The summed E-state index contributed by atoms with van der Waals surface area (Å²) in [6.07, 6.45) is 1.92. The molecule has 2 rings (SSSR count). The Labute approximate surface area is 124 Å². The van der Waals surface area contributed by atoms with Crippen molar-refractivity contribution in [1.82, 2.24) is 5.32 Å². The molecule has 1 saturated carbocycles. The first-order chi connectivity index (χ1) is 9.85. The number of amides is 1. The minimum Gasteiger partial charge on any atom is -0.480 e. The highest BCUT2D eigenvalue weighted by Gasteiger charge is 2.51. The molecule has 0 saturated heterocycles. The van der Waals surface area contributed by atoms with Crippen LogP contribution in [-0.4, -0.2) is 23.0 Å². The lowest BCUT2D eigenvalue weighted by atomic mass is 9.93. The molecule has 0 unspecified atom stereocenters. The molecular formula is C16H22N2O3. The average Bonchev–Trinajstić information content (AvgIpc) is 3.19. The van der Waals surface area contributed by atoms with Crippen LogP contribution in [0.1, 0.15) is 38.7 Å². The average molecular weight is 290 g/mol. The zero-order valence-corrected chi connectivity index (χ0v) is 12.4. The van der Waals surface area contributed by atoms with Gasteiger partial charge in [0, 0.05) is 5.69 Å².